The lowest BCUT2D eigenvalue weighted by Gasteiger charge is -2.04. The number of benzene rings is 1. The lowest BCUT2D eigenvalue weighted by molar-refractivity contribution is 0.687. The van der Waals surface area contributed by atoms with Gasteiger partial charge in [-0.2, -0.15) is 5.10 Å². The lowest BCUT2D eigenvalue weighted by atomic mass is 10.2. The van der Waals surface area contributed by atoms with Gasteiger partial charge in [-0.15, -0.1) is 0 Å². The standard InChI is InChI=1S/C10H8Cl2N2/c11-9-2-3-10(12)8(6-9)7-14-5-1-4-13-14/h1-6H,7H2. The summed E-state index contributed by atoms with van der Waals surface area (Å²) in [4.78, 5) is 0. The quantitative estimate of drug-likeness (QED) is 0.769. The Morgan fingerprint density at radius 3 is 2.86 bits per heavy atom. The molecule has 2 rings (SSSR count). The van der Waals surface area contributed by atoms with E-state index in [1.807, 2.05) is 18.3 Å². The Bertz CT molecular complexity index is 424. The van der Waals surface area contributed by atoms with E-state index >= 15 is 0 Å². The molecule has 0 aliphatic rings. The average molecular weight is 227 g/mol. The van der Waals surface area contributed by atoms with Crippen LogP contribution in [0.25, 0.3) is 0 Å². The van der Waals surface area contributed by atoms with Crippen molar-refractivity contribution in [2.75, 3.05) is 0 Å². The van der Waals surface area contributed by atoms with E-state index in [1.54, 1.807) is 23.0 Å². The zero-order valence-electron chi connectivity index (χ0n) is 7.32. The molecule has 1 aromatic heterocycles. The molecule has 0 aliphatic carbocycles. The van der Waals surface area contributed by atoms with Crippen molar-refractivity contribution in [2.24, 2.45) is 0 Å². The molecular formula is C10H8Cl2N2. The van der Waals surface area contributed by atoms with Crippen molar-refractivity contribution in [3.8, 4) is 0 Å². The molecule has 2 aromatic rings. The Hall–Kier alpha value is -0.990. The molecule has 1 aromatic carbocycles. The summed E-state index contributed by atoms with van der Waals surface area (Å²) in [7, 11) is 0. The van der Waals surface area contributed by atoms with Gasteiger partial charge >= 0.3 is 0 Å². The topological polar surface area (TPSA) is 17.8 Å². The number of rotatable bonds is 2. The van der Waals surface area contributed by atoms with Crippen LogP contribution in [0.2, 0.25) is 10.0 Å². The smallest absolute Gasteiger partial charge is 0.0674 e. The van der Waals surface area contributed by atoms with Gasteiger partial charge in [0, 0.05) is 22.4 Å². The van der Waals surface area contributed by atoms with Crippen LogP contribution in [0, 0.1) is 0 Å². The summed E-state index contributed by atoms with van der Waals surface area (Å²) >= 11 is 11.9. The van der Waals surface area contributed by atoms with Gasteiger partial charge in [0.25, 0.3) is 0 Å². The van der Waals surface area contributed by atoms with Crippen LogP contribution in [0.3, 0.4) is 0 Å². The highest BCUT2D eigenvalue weighted by Gasteiger charge is 2.01. The summed E-state index contributed by atoms with van der Waals surface area (Å²) < 4.78 is 1.80. The van der Waals surface area contributed by atoms with Gasteiger partial charge in [-0.3, -0.25) is 4.68 Å². The first kappa shape index (κ1) is 9.56. The third-order valence-corrected chi connectivity index (χ3v) is 2.50. The molecule has 0 bridgehead atoms. The molecule has 0 atom stereocenters. The maximum Gasteiger partial charge on any atom is 0.0674 e. The highest BCUT2D eigenvalue weighted by molar-refractivity contribution is 6.33. The van der Waals surface area contributed by atoms with E-state index in [2.05, 4.69) is 5.10 Å². The van der Waals surface area contributed by atoms with Gasteiger partial charge in [-0.05, 0) is 29.8 Å². The van der Waals surface area contributed by atoms with Crippen LogP contribution in [0.4, 0.5) is 0 Å². The molecule has 4 heteroatoms. The minimum absolute atomic E-state index is 0.645. The fraction of sp³-hybridized carbons (Fsp3) is 0.100. The molecule has 72 valence electrons. The number of hydrogen-bond acceptors (Lipinski definition) is 1. The Morgan fingerprint density at radius 1 is 1.29 bits per heavy atom. The van der Waals surface area contributed by atoms with Crippen LogP contribution in [0.5, 0.6) is 0 Å². The second kappa shape index (κ2) is 4.03. The van der Waals surface area contributed by atoms with Gasteiger partial charge in [0.2, 0.25) is 0 Å². The summed E-state index contributed by atoms with van der Waals surface area (Å²) in [5.41, 5.74) is 0.975. The van der Waals surface area contributed by atoms with Crippen molar-refractivity contribution in [3.05, 3.63) is 52.3 Å². The van der Waals surface area contributed by atoms with Crippen LogP contribution in [0.1, 0.15) is 5.56 Å². The van der Waals surface area contributed by atoms with Crippen molar-refractivity contribution in [1.82, 2.24) is 9.78 Å². The molecule has 0 spiro atoms. The normalized spacial score (nSPS) is 10.4. The van der Waals surface area contributed by atoms with Crippen LogP contribution in [-0.4, -0.2) is 9.78 Å². The van der Waals surface area contributed by atoms with Crippen LogP contribution in [-0.2, 0) is 6.54 Å². The zero-order chi connectivity index (χ0) is 9.97. The SMILES string of the molecule is Clc1ccc(Cl)c(Cn2cccn2)c1. The molecule has 0 amide bonds. The predicted octanol–water partition coefficient (Wildman–Crippen LogP) is 3.24. The molecular weight excluding hydrogens is 219 g/mol. The average Bonchev–Trinajstić information content (AvgIpc) is 2.64. The van der Waals surface area contributed by atoms with Crippen molar-refractivity contribution >= 4 is 23.2 Å². The van der Waals surface area contributed by atoms with Crippen LogP contribution >= 0.6 is 23.2 Å². The van der Waals surface area contributed by atoms with E-state index in [9.17, 15) is 0 Å². The summed E-state index contributed by atoms with van der Waals surface area (Å²) in [6, 6.07) is 7.29. The highest BCUT2D eigenvalue weighted by Crippen LogP contribution is 2.21. The molecule has 1 heterocycles. The Morgan fingerprint density at radius 2 is 2.14 bits per heavy atom. The minimum Gasteiger partial charge on any atom is -0.268 e. The van der Waals surface area contributed by atoms with E-state index in [0.717, 1.165) is 5.56 Å². The molecule has 14 heavy (non-hydrogen) atoms. The van der Waals surface area contributed by atoms with Crippen LogP contribution < -0.4 is 0 Å². The minimum atomic E-state index is 0.645. The molecule has 0 saturated heterocycles. The third-order valence-electron chi connectivity index (χ3n) is 1.90. The van der Waals surface area contributed by atoms with Crippen molar-refractivity contribution < 1.29 is 0 Å². The number of nitrogens with zero attached hydrogens (tertiary/aromatic N) is 2. The molecule has 2 nitrogen and oxygen atoms in total. The monoisotopic (exact) mass is 226 g/mol. The van der Waals surface area contributed by atoms with E-state index in [4.69, 9.17) is 23.2 Å². The largest absolute Gasteiger partial charge is 0.268 e. The second-order valence-electron chi connectivity index (χ2n) is 2.94. The molecule has 0 fully saturated rings. The van der Waals surface area contributed by atoms with Crippen molar-refractivity contribution in [3.63, 3.8) is 0 Å². The summed E-state index contributed by atoms with van der Waals surface area (Å²) in [5, 5.41) is 5.50. The Kier molecular flexibility index (Phi) is 2.75. The molecule has 0 aliphatic heterocycles. The van der Waals surface area contributed by atoms with Crippen LogP contribution in [0.15, 0.2) is 36.7 Å². The summed E-state index contributed by atoms with van der Waals surface area (Å²) in [6.45, 7) is 0.645. The number of hydrogen-bond donors (Lipinski definition) is 0. The molecule has 0 N–H and O–H groups in total. The maximum absolute atomic E-state index is 6.01. The highest BCUT2D eigenvalue weighted by atomic mass is 35.5. The lowest BCUT2D eigenvalue weighted by Crippen LogP contribution is -2.00. The van der Waals surface area contributed by atoms with Gasteiger partial charge in [0.15, 0.2) is 0 Å². The van der Waals surface area contributed by atoms with Gasteiger partial charge in [-0.1, -0.05) is 23.2 Å². The molecule has 0 unspecified atom stereocenters. The Balaban J connectivity index is 2.28. The second-order valence-corrected chi connectivity index (χ2v) is 3.78. The van der Waals surface area contributed by atoms with E-state index < -0.39 is 0 Å². The summed E-state index contributed by atoms with van der Waals surface area (Å²) in [6.07, 6.45) is 3.62. The fourth-order valence-electron chi connectivity index (χ4n) is 1.23. The Labute approximate surface area is 92.1 Å². The first-order chi connectivity index (χ1) is 6.75. The maximum atomic E-state index is 6.01. The third kappa shape index (κ3) is 2.08. The number of aromatic nitrogens is 2. The fourth-order valence-corrected chi connectivity index (χ4v) is 1.60. The molecule has 0 radical (unpaired) electrons. The van der Waals surface area contributed by atoms with E-state index in [1.165, 1.54) is 0 Å². The van der Waals surface area contributed by atoms with E-state index in [-0.39, 0.29) is 0 Å². The summed E-state index contributed by atoms with van der Waals surface area (Å²) in [5.74, 6) is 0. The van der Waals surface area contributed by atoms with Gasteiger partial charge in [0.05, 0.1) is 6.54 Å². The van der Waals surface area contributed by atoms with Gasteiger partial charge in [-0.25, -0.2) is 0 Å². The molecule has 0 saturated carbocycles. The van der Waals surface area contributed by atoms with Gasteiger partial charge in [0.1, 0.15) is 0 Å². The van der Waals surface area contributed by atoms with Crippen molar-refractivity contribution in [2.45, 2.75) is 6.54 Å². The zero-order valence-corrected chi connectivity index (χ0v) is 8.83. The van der Waals surface area contributed by atoms with E-state index in [0.29, 0.717) is 16.6 Å². The van der Waals surface area contributed by atoms with Gasteiger partial charge < -0.3 is 0 Å². The number of halogens is 2. The predicted molar refractivity (Wildman–Crippen MR) is 57.8 cm³/mol. The first-order valence-corrected chi connectivity index (χ1v) is 4.92. The first-order valence-electron chi connectivity index (χ1n) is 4.17. The van der Waals surface area contributed by atoms with Crippen molar-refractivity contribution in [1.29, 1.82) is 0 Å².